The van der Waals surface area contributed by atoms with Crippen LogP contribution in [0.25, 0.3) is 5.69 Å². The van der Waals surface area contributed by atoms with E-state index in [0.717, 1.165) is 15.5 Å². The van der Waals surface area contributed by atoms with Gasteiger partial charge in [-0.1, -0.05) is 37.9 Å². The molecule has 4 heteroatoms. The van der Waals surface area contributed by atoms with Crippen LogP contribution in [-0.4, -0.2) is 9.55 Å². The first-order valence-corrected chi connectivity index (χ1v) is 6.05. The first-order valence-electron chi connectivity index (χ1n) is 4.14. The van der Waals surface area contributed by atoms with E-state index in [1.54, 1.807) is 12.5 Å². The Labute approximate surface area is 99.2 Å². The normalized spacial score (nSPS) is 10.4. The predicted octanol–water partition coefficient (Wildman–Crippen LogP) is 3.53. The first kappa shape index (κ1) is 9.93. The van der Waals surface area contributed by atoms with Crippen molar-refractivity contribution < 1.29 is 0 Å². The van der Waals surface area contributed by atoms with Crippen molar-refractivity contribution in [3.05, 3.63) is 47.0 Å². The molecule has 0 unspecified atom stereocenters. The summed E-state index contributed by atoms with van der Waals surface area (Å²) in [6.07, 6.45) is 5.51. The molecule has 1 aromatic heterocycles. The molecule has 0 aliphatic heterocycles. The zero-order chi connectivity index (χ0) is 9.97. The van der Waals surface area contributed by atoms with E-state index in [1.807, 2.05) is 16.8 Å². The number of benzene rings is 1. The molecule has 1 heterocycles. The summed E-state index contributed by atoms with van der Waals surface area (Å²) in [5, 5.41) is 0.841. The first-order chi connectivity index (χ1) is 6.81. The van der Waals surface area contributed by atoms with Gasteiger partial charge in [-0.3, -0.25) is 0 Å². The zero-order valence-electron chi connectivity index (χ0n) is 7.32. The molecular formula is C10H8Br2N2. The summed E-state index contributed by atoms with van der Waals surface area (Å²) >= 11 is 6.93. The summed E-state index contributed by atoms with van der Waals surface area (Å²) in [5.74, 6) is 0. The van der Waals surface area contributed by atoms with E-state index in [-0.39, 0.29) is 0 Å². The lowest BCUT2D eigenvalue weighted by Gasteiger charge is -2.08. The van der Waals surface area contributed by atoms with Gasteiger partial charge in [0, 0.05) is 22.2 Å². The molecule has 0 aliphatic rings. The molecule has 0 aliphatic carbocycles. The third-order valence-electron chi connectivity index (χ3n) is 1.97. The van der Waals surface area contributed by atoms with E-state index in [9.17, 15) is 0 Å². The van der Waals surface area contributed by atoms with Gasteiger partial charge in [-0.2, -0.15) is 0 Å². The summed E-state index contributed by atoms with van der Waals surface area (Å²) in [5.41, 5.74) is 2.39. The van der Waals surface area contributed by atoms with Crippen LogP contribution in [-0.2, 0) is 5.33 Å². The number of hydrogen-bond donors (Lipinski definition) is 0. The second kappa shape index (κ2) is 4.28. The second-order valence-electron chi connectivity index (χ2n) is 2.88. The Morgan fingerprint density at radius 3 is 2.86 bits per heavy atom. The van der Waals surface area contributed by atoms with Crippen LogP contribution in [0, 0.1) is 0 Å². The van der Waals surface area contributed by atoms with E-state index < -0.39 is 0 Å². The van der Waals surface area contributed by atoms with Crippen molar-refractivity contribution in [3.63, 3.8) is 0 Å². The van der Waals surface area contributed by atoms with Crippen molar-refractivity contribution in [3.8, 4) is 5.69 Å². The topological polar surface area (TPSA) is 17.8 Å². The molecule has 0 bridgehead atoms. The molecule has 2 rings (SSSR count). The molecule has 0 N–H and O–H groups in total. The fourth-order valence-corrected chi connectivity index (χ4v) is 2.12. The molecule has 1 aromatic carbocycles. The van der Waals surface area contributed by atoms with Crippen LogP contribution in [0.4, 0.5) is 0 Å². The predicted molar refractivity (Wildman–Crippen MR) is 63.9 cm³/mol. The lowest BCUT2D eigenvalue weighted by Crippen LogP contribution is -1.95. The van der Waals surface area contributed by atoms with Crippen LogP contribution >= 0.6 is 31.9 Å². The molecule has 0 saturated carbocycles. The SMILES string of the molecule is BrCc1ccc(Br)cc1-n1ccnc1. The Balaban J connectivity index is 2.55. The van der Waals surface area contributed by atoms with Gasteiger partial charge >= 0.3 is 0 Å². The molecule has 72 valence electrons. The molecule has 0 spiro atoms. The number of hydrogen-bond acceptors (Lipinski definition) is 1. The zero-order valence-corrected chi connectivity index (χ0v) is 10.5. The summed E-state index contributed by atoms with van der Waals surface area (Å²) < 4.78 is 3.08. The maximum atomic E-state index is 4.04. The molecule has 14 heavy (non-hydrogen) atoms. The molecule has 0 amide bonds. The number of nitrogens with zero attached hydrogens (tertiary/aromatic N) is 2. The van der Waals surface area contributed by atoms with E-state index in [1.165, 1.54) is 5.56 Å². The van der Waals surface area contributed by atoms with Gasteiger partial charge in [0.05, 0.1) is 12.0 Å². The van der Waals surface area contributed by atoms with Crippen LogP contribution < -0.4 is 0 Å². The van der Waals surface area contributed by atoms with Gasteiger partial charge in [0.1, 0.15) is 0 Å². The minimum Gasteiger partial charge on any atom is -0.306 e. The minimum atomic E-state index is 0.841. The number of rotatable bonds is 2. The van der Waals surface area contributed by atoms with E-state index in [4.69, 9.17) is 0 Å². The van der Waals surface area contributed by atoms with Gasteiger partial charge < -0.3 is 4.57 Å². The van der Waals surface area contributed by atoms with Gasteiger partial charge in [-0.15, -0.1) is 0 Å². The van der Waals surface area contributed by atoms with Gasteiger partial charge in [0.15, 0.2) is 0 Å². The van der Waals surface area contributed by atoms with E-state index >= 15 is 0 Å². The molecule has 0 atom stereocenters. The maximum Gasteiger partial charge on any atom is 0.0991 e. The fourth-order valence-electron chi connectivity index (χ4n) is 1.29. The quantitative estimate of drug-likeness (QED) is 0.775. The molecule has 2 nitrogen and oxygen atoms in total. The highest BCUT2D eigenvalue weighted by Gasteiger charge is 2.03. The fraction of sp³-hybridized carbons (Fsp3) is 0.100. The molecule has 0 saturated heterocycles. The van der Waals surface area contributed by atoms with Gasteiger partial charge in [0.2, 0.25) is 0 Å². The van der Waals surface area contributed by atoms with Crippen LogP contribution in [0.15, 0.2) is 41.4 Å². The van der Waals surface area contributed by atoms with Crippen molar-refractivity contribution in [2.24, 2.45) is 0 Å². The Hall–Kier alpha value is -0.610. The summed E-state index contributed by atoms with van der Waals surface area (Å²) in [6.45, 7) is 0. The Kier molecular flexibility index (Phi) is 3.03. The molecule has 0 radical (unpaired) electrons. The van der Waals surface area contributed by atoms with E-state index in [2.05, 4.69) is 49.0 Å². The van der Waals surface area contributed by atoms with Crippen molar-refractivity contribution >= 4 is 31.9 Å². The van der Waals surface area contributed by atoms with E-state index in [0.29, 0.717) is 0 Å². The third-order valence-corrected chi connectivity index (χ3v) is 3.07. The van der Waals surface area contributed by atoms with Crippen LogP contribution in [0.5, 0.6) is 0 Å². The number of aromatic nitrogens is 2. The van der Waals surface area contributed by atoms with Gasteiger partial charge in [-0.25, -0.2) is 4.98 Å². The van der Waals surface area contributed by atoms with Crippen molar-refractivity contribution in [1.82, 2.24) is 9.55 Å². The molecule has 0 fully saturated rings. The highest BCUT2D eigenvalue weighted by Crippen LogP contribution is 2.22. The summed E-state index contributed by atoms with van der Waals surface area (Å²) in [7, 11) is 0. The van der Waals surface area contributed by atoms with Gasteiger partial charge in [-0.05, 0) is 17.7 Å². The van der Waals surface area contributed by atoms with Crippen molar-refractivity contribution in [2.75, 3.05) is 0 Å². The summed E-state index contributed by atoms with van der Waals surface area (Å²) in [6, 6.07) is 6.21. The average molecular weight is 316 g/mol. The van der Waals surface area contributed by atoms with Crippen LogP contribution in [0.1, 0.15) is 5.56 Å². The van der Waals surface area contributed by atoms with Crippen LogP contribution in [0.3, 0.4) is 0 Å². The lowest BCUT2D eigenvalue weighted by molar-refractivity contribution is 1.04. The smallest absolute Gasteiger partial charge is 0.0991 e. The lowest BCUT2D eigenvalue weighted by atomic mass is 10.2. The van der Waals surface area contributed by atoms with Gasteiger partial charge in [0.25, 0.3) is 0 Å². The average Bonchev–Trinajstić information content (AvgIpc) is 2.70. The Morgan fingerprint density at radius 2 is 2.21 bits per heavy atom. The Bertz CT molecular complexity index is 424. The maximum absolute atomic E-state index is 4.04. The standard InChI is InChI=1S/C10H8Br2N2/c11-6-8-1-2-9(12)5-10(8)14-4-3-13-7-14/h1-5,7H,6H2. The highest BCUT2D eigenvalue weighted by atomic mass is 79.9. The largest absolute Gasteiger partial charge is 0.306 e. The minimum absolute atomic E-state index is 0.841. The molecular weight excluding hydrogens is 308 g/mol. The highest BCUT2D eigenvalue weighted by molar-refractivity contribution is 9.10. The van der Waals surface area contributed by atoms with Crippen molar-refractivity contribution in [2.45, 2.75) is 5.33 Å². The van der Waals surface area contributed by atoms with Crippen molar-refractivity contribution in [1.29, 1.82) is 0 Å². The number of halogens is 2. The molecule has 2 aromatic rings. The number of imidazole rings is 1. The third kappa shape index (κ3) is 1.91. The Morgan fingerprint density at radius 1 is 1.36 bits per heavy atom. The summed E-state index contributed by atoms with van der Waals surface area (Å²) in [4.78, 5) is 4.04. The van der Waals surface area contributed by atoms with Crippen LogP contribution in [0.2, 0.25) is 0 Å². The monoisotopic (exact) mass is 314 g/mol. The number of alkyl halides is 1. The second-order valence-corrected chi connectivity index (χ2v) is 4.35.